The molecule has 0 aliphatic carbocycles. The molecule has 1 fully saturated rings. The average Bonchev–Trinajstić information content (AvgIpc) is 2.92. The summed E-state index contributed by atoms with van der Waals surface area (Å²) < 4.78 is 1.85. The van der Waals surface area contributed by atoms with Crippen LogP contribution in [0.1, 0.15) is 33.6 Å². The molecule has 2 unspecified atom stereocenters. The van der Waals surface area contributed by atoms with Gasteiger partial charge in [-0.15, -0.1) is 0 Å². The van der Waals surface area contributed by atoms with E-state index in [4.69, 9.17) is 0 Å². The molecular weight excluding hydrogens is 252 g/mol. The summed E-state index contributed by atoms with van der Waals surface area (Å²) in [5.41, 5.74) is -0.328. The third-order valence-electron chi connectivity index (χ3n) is 4.30. The maximum atomic E-state index is 12.5. The SMILES string of the molecule is CC(Cn1cccn1)NC(=O)C(C)(C)C1CCCNC1. The smallest absolute Gasteiger partial charge is 0.226 e. The Hall–Kier alpha value is -1.36. The van der Waals surface area contributed by atoms with Crippen molar-refractivity contribution in [3.05, 3.63) is 18.5 Å². The van der Waals surface area contributed by atoms with Gasteiger partial charge in [0.1, 0.15) is 0 Å². The molecule has 1 aromatic heterocycles. The Labute approximate surface area is 121 Å². The monoisotopic (exact) mass is 278 g/mol. The molecule has 0 spiro atoms. The van der Waals surface area contributed by atoms with Crippen molar-refractivity contribution in [2.45, 2.75) is 46.2 Å². The Morgan fingerprint density at radius 1 is 1.60 bits per heavy atom. The first-order valence-corrected chi connectivity index (χ1v) is 7.49. The van der Waals surface area contributed by atoms with Crippen LogP contribution < -0.4 is 10.6 Å². The second-order valence-corrected chi connectivity index (χ2v) is 6.37. The Kier molecular flexibility index (Phi) is 4.81. The summed E-state index contributed by atoms with van der Waals surface area (Å²) in [4.78, 5) is 12.5. The summed E-state index contributed by atoms with van der Waals surface area (Å²) in [6, 6.07) is 1.98. The highest BCUT2D eigenvalue weighted by molar-refractivity contribution is 5.82. The maximum absolute atomic E-state index is 12.5. The molecular formula is C15H26N4O. The van der Waals surface area contributed by atoms with Gasteiger partial charge in [0.2, 0.25) is 5.91 Å². The van der Waals surface area contributed by atoms with E-state index < -0.39 is 0 Å². The molecule has 1 saturated heterocycles. The van der Waals surface area contributed by atoms with Crippen LogP contribution in [0.2, 0.25) is 0 Å². The lowest BCUT2D eigenvalue weighted by Gasteiger charge is -2.36. The van der Waals surface area contributed by atoms with Crippen LogP contribution in [0.4, 0.5) is 0 Å². The van der Waals surface area contributed by atoms with Crippen molar-refractivity contribution in [1.82, 2.24) is 20.4 Å². The summed E-state index contributed by atoms with van der Waals surface area (Å²) in [6.45, 7) is 8.85. The van der Waals surface area contributed by atoms with Crippen molar-refractivity contribution in [2.75, 3.05) is 13.1 Å². The summed E-state index contributed by atoms with van der Waals surface area (Å²) in [5.74, 6) is 0.555. The lowest BCUT2D eigenvalue weighted by atomic mass is 9.74. The van der Waals surface area contributed by atoms with E-state index >= 15 is 0 Å². The molecule has 2 heterocycles. The molecule has 2 rings (SSSR count). The first kappa shape index (κ1) is 15.0. The third kappa shape index (κ3) is 3.60. The number of nitrogens with one attached hydrogen (secondary N) is 2. The fraction of sp³-hybridized carbons (Fsp3) is 0.733. The summed E-state index contributed by atoms with van der Waals surface area (Å²) in [5, 5.41) is 10.7. The van der Waals surface area contributed by atoms with Gasteiger partial charge in [0.25, 0.3) is 0 Å². The number of amides is 1. The van der Waals surface area contributed by atoms with Gasteiger partial charge >= 0.3 is 0 Å². The highest BCUT2D eigenvalue weighted by atomic mass is 16.2. The minimum absolute atomic E-state index is 0.0817. The number of carbonyl (C=O) groups excluding carboxylic acids is 1. The molecule has 112 valence electrons. The number of piperidine rings is 1. The first-order valence-electron chi connectivity index (χ1n) is 7.49. The van der Waals surface area contributed by atoms with Gasteiger partial charge in [0.15, 0.2) is 0 Å². The Balaban J connectivity index is 1.89. The van der Waals surface area contributed by atoms with Gasteiger partial charge in [0.05, 0.1) is 6.54 Å². The van der Waals surface area contributed by atoms with Crippen LogP contribution >= 0.6 is 0 Å². The van der Waals surface area contributed by atoms with E-state index in [1.165, 1.54) is 0 Å². The molecule has 0 saturated carbocycles. The molecule has 0 radical (unpaired) electrons. The van der Waals surface area contributed by atoms with Crippen molar-refractivity contribution in [3.8, 4) is 0 Å². The zero-order chi connectivity index (χ0) is 14.6. The second-order valence-electron chi connectivity index (χ2n) is 6.37. The largest absolute Gasteiger partial charge is 0.351 e. The molecule has 1 aromatic rings. The van der Waals surface area contributed by atoms with Crippen molar-refractivity contribution < 1.29 is 4.79 Å². The zero-order valence-corrected chi connectivity index (χ0v) is 12.7. The van der Waals surface area contributed by atoms with Crippen LogP contribution in [0, 0.1) is 11.3 Å². The van der Waals surface area contributed by atoms with E-state index in [1.807, 2.05) is 23.9 Å². The van der Waals surface area contributed by atoms with E-state index in [0.29, 0.717) is 12.5 Å². The van der Waals surface area contributed by atoms with Crippen LogP contribution in [-0.2, 0) is 11.3 Å². The number of nitrogens with zero attached hydrogens (tertiary/aromatic N) is 2. The summed E-state index contributed by atoms with van der Waals surface area (Å²) >= 11 is 0. The molecule has 1 aliphatic heterocycles. The minimum Gasteiger partial charge on any atom is -0.351 e. The molecule has 1 amide bonds. The van der Waals surface area contributed by atoms with Gasteiger partial charge in [-0.05, 0) is 44.8 Å². The fourth-order valence-electron chi connectivity index (χ4n) is 2.80. The molecule has 20 heavy (non-hydrogen) atoms. The lowest BCUT2D eigenvalue weighted by Crippen LogP contribution is -2.50. The highest BCUT2D eigenvalue weighted by Gasteiger charge is 2.37. The predicted molar refractivity (Wildman–Crippen MR) is 79.2 cm³/mol. The van der Waals surface area contributed by atoms with E-state index in [2.05, 4.69) is 29.6 Å². The highest BCUT2D eigenvalue weighted by Crippen LogP contribution is 2.32. The van der Waals surface area contributed by atoms with E-state index in [1.54, 1.807) is 6.20 Å². The van der Waals surface area contributed by atoms with E-state index in [-0.39, 0.29) is 17.4 Å². The molecule has 2 N–H and O–H groups in total. The standard InChI is InChI=1S/C15H26N4O/c1-12(11-19-9-5-8-17-19)18-14(20)15(2,3)13-6-4-7-16-10-13/h5,8-9,12-13,16H,4,6-7,10-11H2,1-3H3,(H,18,20). The van der Waals surface area contributed by atoms with Crippen LogP contribution in [0.3, 0.4) is 0 Å². The van der Waals surface area contributed by atoms with Gasteiger partial charge in [-0.3, -0.25) is 9.48 Å². The fourth-order valence-corrected chi connectivity index (χ4v) is 2.80. The minimum atomic E-state index is -0.328. The lowest BCUT2D eigenvalue weighted by molar-refractivity contribution is -0.133. The van der Waals surface area contributed by atoms with Gasteiger partial charge in [-0.1, -0.05) is 13.8 Å². The Morgan fingerprint density at radius 3 is 3.00 bits per heavy atom. The van der Waals surface area contributed by atoms with Crippen molar-refractivity contribution in [3.63, 3.8) is 0 Å². The molecule has 5 heteroatoms. The Morgan fingerprint density at radius 2 is 2.40 bits per heavy atom. The van der Waals surface area contributed by atoms with E-state index in [9.17, 15) is 4.79 Å². The average molecular weight is 278 g/mol. The number of hydrogen-bond donors (Lipinski definition) is 2. The topological polar surface area (TPSA) is 59.0 Å². The van der Waals surface area contributed by atoms with Crippen molar-refractivity contribution in [1.29, 1.82) is 0 Å². The number of aromatic nitrogens is 2. The number of carbonyl (C=O) groups is 1. The third-order valence-corrected chi connectivity index (χ3v) is 4.30. The molecule has 0 bridgehead atoms. The van der Waals surface area contributed by atoms with Gasteiger partial charge in [-0.25, -0.2) is 0 Å². The van der Waals surface area contributed by atoms with Crippen LogP contribution in [-0.4, -0.2) is 34.8 Å². The predicted octanol–water partition coefficient (Wildman–Crippen LogP) is 1.41. The molecule has 5 nitrogen and oxygen atoms in total. The quantitative estimate of drug-likeness (QED) is 0.856. The maximum Gasteiger partial charge on any atom is 0.226 e. The van der Waals surface area contributed by atoms with Gasteiger partial charge < -0.3 is 10.6 Å². The molecule has 1 aliphatic rings. The van der Waals surface area contributed by atoms with Crippen LogP contribution in [0.5, 0.6) is 0 Å². The van der Waals surface area contributed by atoms with Crippen LogP contribution in [0.15, 0.2) is 18.5 Å². The Bertz CT molecular complexity index is 421. The normalized spacial score (nSPS) is 21.4. The van der Waals surface area contributed by atoms with Gasteiger partial charge in [-0.2, -0.15) is 5.10 Å². The van der Waals surface area contributed by atoms with Crippen molar-refractivity contribution in [2.24, 2.45) is 11.3 Å². The molecule has 2 atom stereocenters. The summed E-state index contributed by atoms with van der Waals surface area (Å²) in [7, 11) is 0. The summed E-state index contributed by atoms with van der Waals surface area (Å²) in [6.07, 6.45) is 5.95. The van der Waals surface area contributed by atoms with Crippen molar-refractivity contribution >= 4 is 5.91 Å². The first-order chi connectivity index (χ1) is 9.50. The second kappa shape index (κ2) is 6.39. The zero-order valence-electron chi connectivity index (χ0n) is 12.7. The van der Waals surface area contributed by atoms with Gasteiger partial charge in [0, 0.05) is 23.9 Å². The van der Waals surface area contributed by atoms with Crippen LogP contribution in [0.25, 0.3) is 0 Å². The van der Waals surface area contributed by atoms with E-state index in [0.717, 1.165) is 25.9 Å². The number of hydrogen-bond acceptors (Lipinski definition) is 3. The molecule has 0 aromatic carbocycles. The number of rotatable bonds is 5.